The second kappa shape index (κ2) is 5.27. The van der Waals surface area contributed by atoms with Crippen LogP contribution in [0.15, 0.2) is 15.8 Å². The Balaban J connectivity index is 1.83. The van der Waals surface area contributed by atoms with E-state index in [0.717, 1.165) is 63.3 Å². The summed E-state index contributed by atoms with van der Waals surface area (Å²) < 4.78 is 5.94. The fourth-order valence-electron chi connectivity index (χ4n) is 4.51. The van der Waals surface area contributed by atoms with Gasteiger partial charge in [-0.2, -0.15) is 5.26 Å². The molecule has 1 unspecified atom stereocenters. The van der Waals surface area contributed by atoms with Crippen molar-refractivity contribution in [2.75, 3.05) is 25.0 Å². The Kier molecular flexibility index (Phi) is 3.34. The summed E-state index contributed by atoms with van der Waals surface area (Å²) in [5.41, 5.74) is 7.36. The maximum Gasteiger partial charge on any atom is 0.223 e. The van der Waals surface area contributed by atoms with Crippen LogP contribution in [-0.2, 0) is 11.8 Å². The minimum absolute atomic E-state index is 0.385. The van der Waals surface area contributed by atoms with Crippen LogP contribution >= 0.6 is 0 Å². The molecule has 1 aromatic rings. The average molecular weight is 313 g/mol. The van der Waals surface area contributed by atoms with Crippen molar-refractivity contribution in [3.05, 3.63) is 23.0 Å². The summed E-state index contributed by atoms with van der Waals surface area (Å²) in [6, 6.07) is 2.38. The highest BCUT2D eigenvalue weighted by Crippen LogP contribution is 2.53. The van der Waals surface area contributed by atoms with Gasteiger partial charge in [-0.25, -0.2) is 4.98 Å². The molecule has 0 aromatic carbocycles. The van der Waals surface area contributed by atoms with Crippen molar-refractivity contribution in [2.24, 2.45) is 11.7 Å². The lowest BCUT2D eigenvalue weighted by molar-refractivity contribution is 0.0422. The monoisotopic (exact) mass is 313 g/mol. The molecule has 4 aliphatic rings. The highest BCUT2D eigenvalue weighted by molar-refractivity contribution is 5.62. The topological polar surface area (TPSA) is 91.1 Å². The van der Waals surface area contributed by atoms with Crippen LogP contribution in [0.25, 0.3) is 0 Å². The van der Waals surface area contributed by atoms with Crippen LogP contribution in [0.2, 0.25) is 0 Å². The van der Waals surface area contributed by atoms with Gasteiger partial charge in [0.15, 0.2) is 5.89 Å². The van der Waals surface area contributed by atoms with Gasteiger partial charge in [0.1, 0.15) is 11.5 Å². The molecule has 5 heterocycles. The minimum atomic E-state index is -0.385. The number of piperidine rings is 3. The SMILES string of the molecule is CCCCc1nc2c(o1)NC(N)=C(C#N)C21CN2CCC1CC2. The van der Waals surface area contributed by atoms with Gasteiger partial charge in [0, 0.05) is 13.0 Å². The molecule has 2 bridgehead atoms. The molecule has 23 heavy (non-hydrogen) atoms. The molecule has 0 saturated carbocycles. The fraction of sp³-hybridized carbons (Fsp3) is 0.647. The van der Waals surface area contributed by atoms with E-state index in [1.165, 1.54) is 0 Å². The maximum absolute atomic E-state index is 9.78. The van der Waals surface area contributed by atoms with Crippen LogP contribution < -0.4 is 11.1 Å². The van der Waals surface area contributed by atoms with Crippen LogP contribution in [-0.4, -0.2) is 29.5 Å². The van der Waals surface area contributed by atoms with E-state index >= 15 is 0 Å². The molecular weight excluding hydrogens is 290 g/mol. The highest BCUT2D eigenvalue weighted by atomic mass is 16.4. The number of nitrogens with two attached hydrogens (primary N) is 1. The summed E-state index contributed by atoms with van der Waals surface area (Å²) in [4.78, 5) is 7.25. The van der Waals surface area contributed by atoms with Crippen molar-refractivity contribution in [2.45, 2.75) is 44.4 Å². The zero-order valence-electron chi connectivity index (χ0n) is 13.6. The summed E-state index contributed by atoms with van der Waals surface area (Å²) in [6.45, 7) is 5.20. The van der Waals surface area contributed by atoms with Crippen LogP contribution in [0.3, 0.4) is 0 Å². The third-order valence-electron chi connectivity index (χ3n) is 5.67. The lowest BCUT2D eigenvalue weighted by Crippen LogP contribution is -2.59. The number of rotatable bonds is 3. The molecule has 3 saturated heterocycles. The molecular formula is C17H23N5O. The normalized spacial score (nSPS) is 31.8. The second-order valence-corrected chi connectivity index (χ2v) is 6.94. The molecule has 1 atom stereocenters. The Labute approximate surface area is 136 Å². The third kappa shape index (κ3) is 1.99. The number of aromatic nitrogens is 1. The van der Waals surface area contributed by atoms with Gasteiger partial charge in [0.2, 0.25) is 5.88 Å². The molecule has 0 amide bonds. The van der Waals surface area contributed by atoms with Crippen molar-refractivity contribution >= 4 is 5.88 Å². The number of nitrogens with zero attached hydrogens (tertiary/aromatic N) is 3. The van der Waals surface area contributed by atoms with Gasteiger partial charge in [0.05, 0.1) is 17.1 Å². The number of anilines is 1. The highest BCUT2D eigenvalue weighted by Gasteiger charge is 2.56. The molecule has 122 valence electrons. The minimum Gasteiger partial charge on any atom is -0.425 e. The van der Waals surface area contributed by atoms with Crippen molar-refractivity contribution in [1.29, 1.82) is 5.26 Å². The van der Waals surface area contributed by atoms with Gasteiger partial charge in [-0.15, -0.1) is 0 Å². The summed E-state index contributed by atoms with van der Waals surface area (Å²) in [6.07, 6.45) is 5.17. The Bertz CT molecular complexity index is 692. The molecule has 3 fully saturated rings. The Hall–Kier alpha value is -2.00. The predicted molar refractivity (Wildman–Crippen MR) is 86.4 cm³/mol. The molecule has 0 radical (unpaired) electrons. The quantitative estimate of drug-likeness (QED) is 0.888. The summed E-state index contributed by atoms with van der Waals surface area (Å²) in [5, 5.41) is 12.9. The lowest BCUT2D eigenvalue weighted by Gasteiger charge is -2.53. The Morgan fingerprint density at radius 3 is 2.87 bits per heavy atom. The smallest absolute Gasteiger partial charge is 0.223 e. The molecule has 5 rings (SSSR count). The first-order valence-corrected chi connectivity index (χ1v) is 8.59. The molecule has 0 aliphatic carbocycles. The van der Waals surface area contributed by atoms with Crippen LogP contribution in [0.5, 0.6) is 0 Å². The molecule has 1 spiro atoms. The van der Waals surface area contributed by atoms with Gasteiger partial charge >= 0.3 is 0 Å². The number of nitriles is 1. The lowest BCUT2D eigenvalue weighted by atomic mass is 9.60. The number of aryl methyl sites for hydroxylation is 1. The van der Waals surface area contributed by atoms with Gasteiger partial charge in [0.25, 0.3) is 0 Å². The Morgan fingerprint density at radius 1 is 1.48 bits per heavy atom. The number of hydrogen-bond donors (Lipinski definition) is 2. The van der Waals surface area contributed by atoms with E-state index in [4.69, 9.17) is 15.1 Å². The standard InChI is InChI=1S/C17H23N5O/c1-2-3-4-13-20-14-16(23-13)21-15(19)12(9-18)17(14)10-22-7-5-11(17)6-8-22/h11,21H,2-8,10,19H2,1H3. The number of oxazole rings is 1. The number of unbranched alkanes of at least 4 members (excludes halogenated alkanes) is 1. The summed E-state index contributed by atoms with van der Waals surface area (Å²) in [7, 11) is 0. The van der Waals surface area contributed by atoms with E-state index in [1.54, 1.807) is 0 Å². The molecule has 3 N–H and O–H groups in total. The van der Waals surface area contributed by atoms with Gasteiger partial charge in [-0.1, -0.05) is 13.3 Å². The van der Waals surface area contributed by atoms with E-state index in [1.807, 2.05) is 0 Å². The van der Waals surface area contributed by atoms with Crippen molar-refractivity contribution in [3.8, 4) is 6.07 Å². The number of nitrogens with one attached hydrogen (secondary N) is 1. The van der Waals surface area contributed by atoms with E-state index in [2.05, 4.69) is 23.2 Å². The second-order valence-electron chi connectivity index (χ2n) is 6.94. The van der Waals surface area contributed by atoms with E-state index < -0.39 is 0 Å². The average Bonchev–Trinajstić information content (AvgIpc) is 2.98. The first kappa shape index (κ1) is 14.6. The van der Waals surface area contributed by atoms with Crippen molar-refractivity contribution < 1.29 is 4.42 Å². The van der Waals surface area contributed by atoms with Crippen LogP contribution in [0, 0.1) is 17.2 Å². The largest absolute Gasteiger partial charge is 0.425 e. The molecule has 4 aliphatic heterocycles. The molecule has 6 nitrogen and oxygen atoms in total. The predicted octanol–water partition coefficient (Wildman–Crippen LogP) is 2.10. The number of hydrogen-bond acceptors (Lipinski definition) is 6. The molecule has 6 heteroatoms. The van der Waals surface area contributed by atoms with E-state index in [-0.39, 0.29) is 5.41 Å². The summed E-state index contributed by atoms with van der Waals surface area (Å²) in [5.74, 6) is 2.27. The van der Waals surface area contributed by atoms with Gasteiger partial charge < -0.3 is 20.4 Å². The number of fused-ring (bicyclic) bond motifs is 3. The van der Waals surface area contributed by atoms with Crippen molar-refractivity contribution in [1.82, 2.24) is 9.88 Å². The third-order valence-corrected chi connectivity index (χ3v) is 5.67. The van der Waals surface area contributed by atoms with Gasteiger partial charge in [-0.3, -0.25) is 0 Å². The van der Waals surface area contributed by atoms with E-state index in [0.29, 0.717) is 23.2 Å². The fourth-order valence-corrected chi connectivity index (χ4v) is 4.51. The van der Waals surface area contributed by atoms with Gasteiger partial charge in [-0.05, 0) is 38.3 Å². The van der Waals surface area contributed by atoms with Crippen molar-refractivity contribution in [3.63, 3.8) is 0 Å². The van der Waals surface area contributed by atoms with E-state index in [9.17, 15) is 5.26 Å². The Morgan fingerprint density at radius 2 is 2.26 bits per heavy atom. The molecule has 1 aromatic heterocycles. The zero-order valence-corrected chi connectivity index (χ0v) is 13.6. The summed E-state index contributed by atoms with van der Waals surface area (Å²) >= 11 is 0. The van der Waals surface area contributed by atoms with Crippen LogP contribution in [0.4, 0.5) is 5.88 Å². The first-order valence-electron chi connectivity index (χ1n) is 8.59. The maximum atomic E-state index is 9.78. The van der Waals surface area contributed by atoms with Crippen LogP contribution in [0.1, 0.15) is 44.2 Å². The first-order chi connectivity index (χ1) is 11.2. The zero-order chi connectivity index (χ0) is 16.0.